The number of likely N-dealkylation sites (tertiary alicyclic amines) is 1. The third-order valence-electron chi connectivity index (χ3n) is 6.00. The van der Waals surface area contributed by atoms with E-state index >= 15 is 0 Å². The van der Waals surface area contributed by atoms with E-state index in [1.807, 2.05) is 30.0 Å². The van der Waals surface area contributed by atoms with Crippen LogP contribution in [0.5, 0.6) is 0 Å². The molecule has 6 nitrogen and oxygen atoms in total. The minimum absolute atomic E-state index is 0.0380. The van der Waals surface area contributed by atoms with Crippen molar-refractivity contribution in [2.45, 2.75) is 64.3 Å². The third-order valence-corrected chi connectivity index (χ3v) is 8.22. The monoisotopic (exact) mass is 407 g/mol. The van der Waals surface area contributed by atoms with Crippen molar-refractivity contribution in [2.24, 2.45) is 5.92 Å². The van der Waals surface area contributed by atoms with Crippen LogP contribution >= 0.6 is 0 Å². The predicted octanol–water partition coefficient (Wildman–Crippen LogP) is 2.42. The molecule has 156 valence electrons. The van der Waals surface area contributed by atoms with Crippen LogP contribution in [0.4, 0.5) is 0 Å². The number of hydrogen-bond acceptors (Lipinski definition) is 5. The first-order chi connectivity index (χ1) is 13.3. The Hall–Kier alpha value is -1.47. The maximum absolute atomic E-state index is 12.8. The zero-order valence-electron chi connectivity index (χ0n) is 17.3. The van der Waals surface area contributed by atoms with Crippen LogP contribution in [0.1, 0.15) is 50.9 Å². The molecule has 1 aromatic rings. The lowest BCUT2D eigenvalue weighted by molar-refractivity contribution is -0.131. The van der Waals surface area contributed by atoms with Crippen LogP contribution in [-0.4, -0.2) is 65.8 Å². The van der Waals surface area contributed by atoms with E-state index in [9.17, 15) is 13.2 Å². The van der Waals surface area contributed by atoms with Crippen LogP contribution in [0.3, 0.4) is 0 Å². The number of pyridine rings is 1. The van der Waals surface area contributed by atoms with Crippen LogP contribution in [0.15, 0.2) is 18.2 Å². The second-order valence-corrected chi connectivity index (χ2v) is 10.9. The van der Waals surface area contributed by atoms with E-state index in [0.29, 0.717) is 51.4 Å². The third kappa shape index (κ3) is 5.11. The first-order valence-corrected chi connectivity index (χ1v) is 12.1. The van der Waals surface area contributed by atoms with Crippen LogP contribution < -0.4 is 0 Å². The molecule has 0 N–H and O–H groups in total. The quantitative estimate of drug-likeness (QED) is 0.750. The summed E-state index contributed by atoms with van der Waals surface area (Å²) in [5, 5.41) is -0.381. The summed E-state index contributed by atoms with van der Waals surface area (Å²) < 4.78 is 25.5. The molecule has 28 heavy (non-hydrogen) atoms. The van der Waals surface area contributed by atoms with Gasteiger partial charge in [0.2, 0.25) is 5.91 Å². The highest BCUT2D eigenvalue weighted by Crippen LogP contribution is 2.29. The molecule has 2 aliphatic rings. The van der Waals surface area contributed by atoms with Crippen molar-refractivity contribution in [1.82, 2.24) is 14.8 Å². The van der Waals surface area contributed by atoms with Gasteiger partial charge >= 0.3 is 0 Å². The zero-order chi connectivity index (χ0) is 20.3. The number of nitrogens with zero attached hydrogens (tertiary/aromatic N) is 3. The number of rotatable bonds is 5. The Bertz CT molecular complexity index is 794. The summed E-state index contributed by atoms with van der Waals surface area (Å²) in [4.78, 5) is 21.3. The molecule has 2 atom stereocenters. The van der Waals surface area contributed by atoms with Crippen LogP contribution in [0.25, 0.3) is 0 Å². The van der Waals surface area contributed by atoms with E-state index in [-0.39, 0.29) is 23.0 Å². The van der Waals surface area contributed by atoms with Gasteiger partial charge in [0.25, 0.3) is 0 Å². The van der Waals surface area contributed by atoms with Gasteiger partial charge in [0.15, 0.2) is 9.84 Å². The van der Waals surface area contributed by atoms with E-state index in [4.69, 9.17) is 0 Å². The number of sulfone groups is 1. The molecule has 0 bridgehead atoms. The normalized spacial score (nSPS) is 25.4. The van der Waals surface area contributed by atoms with E-state index in [1.165, 1.54) is 0 Å². The maximum Gasteiger partial charge on any atom is 0.222 e. The first-order valence-electron chi connectivity index (χ1n) is 10.4. The standard InChI is InChI=1S/C21H33N3O3S/c1-16(2)7-8-21(25)23-11-9-19-20(10-12-23)28(26,27)14-13-24(19)15-18-6-4-5-17(3)22-18/h4-6,16,19-20H,7-15H2,1-3H3/t19-,20+/m0/s1. The molecule has 0 radical (unpaired) electrons. The second-order valence-electron chi connectivity index (χ2n) is 8.60. The van der Waals surface area contributed by atoms with Crippen molar-refractivity contribution >= 4 is 15.7 Å². The van der Waals surface area contributed by atoms with Gasteiger partial charge in [-0.25, -0.2) is 8.42 Å². The highest BCUT2D eigenvalue weighted by atomic mass is 32.2. The largest absolute Gasteiger partial charge is 0.343 e. The number of carbonyl (C=O) groups is 1. The molecular formula is C21H33N3O3S. The van der Waals surface area contributed by atoms with Gasteiger partial charge in [-0.2, -0.15) is 0 Å². The van der Waals surface area contributed by atoms with E-state index < -0.39 is 9.84 Å². The molecule has 0 aromatic carbocycles. The summed E-state index contributed by atoms with van der Waals surface area (Å²) in [6.45, 7) is 8.61. The van der Waals surface area contributed by atoms with Crippen LogP contribution in [0.2, 0.25) is 0 Å². The fourth-order valence-electron chi connectivity index (χ4n) is 4.37. The summed E-state index contributed by atoms with van der Waals surface area (Å²) in [6, 6.07) is 5.94. The number of aryl methyl sites for hydroxylation is 1. The molecule has 0 saturated carbocycles. The van der Waals surface area contributed by atoms with Crippen molar-refractivity contribution in [3.8, 4) is 0 Å². The number of carbonyl (C=O) groups excluding carboxylic acids is 1. The van der Waals surface area contributed by atoms with Crippen molar-refractivity contribution in [2.75, 3.05) is 25.4 Å². The van der Waals surface area contributed by atoms with E-state index in [0.717, 1.165) is 17.8 Å². The van der Waals surface area contributed by atoms with Gasteiger partial charge in [-0.15, -0.1) is 0 Å². The number of aromatic nitrogens is 1. The summed E-state index contributed by atoms with van der Waals surface area (Å²) in [7, 11) is -3.12. The molecule has 2 saturated heterocycles. The average Bonchev–Trinajstić information content (AvgIpc) is 2.86. The molecule has 1 amide bonds. The molecule has 3 rings (SSSR count). The van der Waals surface area contributed by atoms with Gasteiger partial charge in [-0.1, -0.05) is 19.9 Å². The Morgan fingerprint density at radius 1 is 1.21 bits per heavy atom. The molecule has 0 aliphatic carbocycles. The van der Waals surface area contributed by atoms with Crippen LogP contribution in [0, 0.1) is 12.8 Å². The van der Waals surface area contributed by atoms with E-state index in [2.05, 4.69) is 23.7 Å². The van der Waals surface area contributed by atoms with Gasteiger partial charge in [0.05, 0.1) is 16.7 Å². The molecule has 0 spiro atoms. The fraction of sp³-hybridized carbons (Fsp3) is 0.714. The van der Waals surface area contributed by atoms with E-state index in [1.54, 1.807) is 0 Å². The molecular weight excluding hydrogens is 374 g/mol. The summed E-state index contributed by atoms with van der Waals surface area (Å²) >= 11 is 0. The molecule has 1 aromatic heterocycles. The number of fused-ring (bicyclic) bond motifs is 1. The lowest BCUT2D eigenvalue weighted by atomic mass is 10.1. The van der Waals surface area contributed by atoms with Gasteiger partial charge < -0.3 is 4.90 Å². The molecule has 0 unspecified atom stereocenters. The summed E-state index contributed by atoms with van der Waals surface area (Å²) in [5.74, 6) is 0.856. The molecule has 2 aliphatic heterocycles. The lowest BCUT2D eigenvalue weighted by Crippen LogP contribution is -2.54. The lowest BCUT2D eigenvalue weighted by Gasteiger charge is -2.39. The first kappa shape index (κ1) is 21.2. The Kier molecular flexibility index (Phi) is 6.76. The SMILES string of the molecule is Cc1cccc(CN2CCS(=O)(=O)[C@@H]3CCN(C(=O)CCC(C)C)CC[C@@H]32)n1. The smallest absolute Gasteiger partial charge is 0.222 e. The van der Waals surface area contributed by atoms with Crippen molar-refractivity contribution < 1.29 is 13.2 Å². The summed E-state index contributed by atoms with van der Waals surface area (Å²) in [6.07, 6.45) is 2.68. The summed E-state index contributed by atoms with van der Waals surface area (Å²) in [5.41, 5.74) is 1.95. The van der Waals surface area contributed by atoms with Gasteiger partial charge in [-0.3, -0.25) is 14.7 Å². The average molecular weight is 408 g/mol. The topological polar surface area (TPSA) is 70.6 Å². The van der Waals surface area contributed by atoms with Gasteiger partial charge in [0, 0.05) is 44.3 Å². The second kappa shape index (κ2) is 8.91. The van der Waals surface area contributed by atoms with Crippen molar-refractivity contribution in [1.29, 1.82) is 0 Å². The Labute approximate surface area is 169 Å². The highest BCUT2D eigenvalue weighted by molar-refractivity contribution is 7.92. The minimum atomic E-state index is -3.12. The number of amides is 1. The zero-order valence-corrected chi connectivity index (χ0v) is 18.1. The van der Waals surface area contributed by atoms with Crippen molar-refractivity contribution in [3.05, 3.63) is 29.6 Å². The van der Waals surface area contributed by atoms with Gasteiger partial charge in [-0.05, 0) is 44.2 Å². The Morgan fingerprint density at radius 3 is 2.68 bits per heavy atom. The Morgan fingerprint density at radius 2 is 1.96 bits per heavy atom. The Balaban J connectivity index is 1.73. The van der Waals surface area contributed by atoms with Gasteiger partial charge in [0.1, 0.15) is 0 Å². The fourth-order valence-corrected chi connectivity index (χ4v) is 6.41. The van der Waals surface area contributed by atoms with Crippen LogP contribution in [-0.2, 0) is 21.2 Å². The minimum Gasteiger partial charge on any atom is -0.343 e. The molecule has 3 heterocycles. The molecule has 2 fully saturated rings. The molecule has 7 heteroatoms. The predicted molar refractivity (Wildman–Crippen MR) is 111 cm³/mol. The number of hydrogen-bond donors (Lipinski definition) is 0. The highest BCUT2D eigenvalue weighted by Gasteiger charge is 2.43. The van der Waals surface area contributed by atoms with Crippen molar-refractivity contribution in [3.63, 3.8) is 0 Å². The maximum atomic E-state index is 12.8.